The number of alkyl halides is 3. The van der Waals surface area contributed by atoms with Crippen molar-refractivity contribution in [3.8, 4) is 22.6 Å². The molecule has 0 bridgehead atoms. The van der Waals surface area contributed by atoms with Gasteiger partial charge in [0.15, 0.2) is 5.82 Å². The largest absolute Gasteiger partial charge is 0.416 e. The summed E-state index contributed by atoms with van der Waals surface area (Å²) in [6, 6.07) is 13.9. The van der Waals surface area contributed by atoms with Crippen LogP contribution in [-0.4, -0.2) is 16.2 Å². The molecule has 0 aliphatic heterocycles. The Balaban J connectivity index is 2.08. The summed E-state index contributed by atoms with van der Waals surface area (Å²) in [5.41, 5.74) is 1.18. The Bertz CT molecular complexity index is 896. The van der Waals surface area contributed by atoms with Crippen LogP contribution in [0, 0.1) is 0 Å². The van der Waals surface area contributed by atoms with Gasteiger partial charge in [0, 0.05) is 16.1 Å². The molecular formula is C18H12ClF3N2S. The van der Waals surface area contributed by atoms with E-state index in [0.29, 0.717) is 27.1 Å². The number of benzene rings is 2. The van der Waals surface area contributed by atoms with E-state index in [0.717, 1.165) is 17.7 Å². The van der Waals surface area contributed by atoms with E-state index in [4.69, 9.17) is 11.6 Å². The molecule has 3 rings (SSSR count). The summed E-state index contributed by atoms with van der Waals surface area (Å²) in [4.78, 5) is 8.88. The van der Waals surface area contributed by atoms with Crippen LogP contribution < -0.4 is 0 Å². The fourth-order valence-electron chi connectivity index (χ4n) is 2.27. The van der Waals surface area contributed by atoms with Gasteiger partial charge in [-0.3, -0.25) is 0 Å². The van der Waals surface area contributed by atoms with Gasteiger partial charge in [-0.05, 0) is 30.5 Å². The van der Waals surface area contributed by atoms with Gasteiger partial charge in [0.1, 0.15) is 5.03 Å². The van der Waals surface area contributed by atoms with E-state index in [2.05, 4.69) is 9.97 Å². The quantitative estimate of drug-likeness (QED) is 0.399. The summed E-state index contributed by atoms with van der Waals surface area (Å²) in [6.45, 7) is 0. The maximum atomic E-state index is 12.7. The van der Waals surface area contributed by atoms with Crippen molar-refractivity contribution < 1.29 is 13.2 Å². The zero-order valence-corrected chi connectivity index (χ0v) is 14.6. The fourth-order valence-corrected chi connectivity index (χ4v) is 2.91. The summed E-state index contributed by atoms with van der Waals surface area (Å²) in [7, 11) is 0. The molecule has 0 radical (unpaired) electrons. The second-order valence-corrected chi connectivity index (χ2v) is 6.41. The van der Waals surface area contributed by atoms with Crippen LogP contribution in [0.5, 0.6) is 0 Å². The van der Waals surface area contributed by atoms with Crippen molar-refractivity contribution in [2.75, 3.05) is 6.26 Å². The van der Waals surface area contributed by atoms with Crippen molar-refractivity contribution in [3.05, 3.63) is 65.2 Å². The second-order valence-electron chi connectivity index (χ2n) is 5.17. The first-order valence-electron chi connectivity index (χ1n) is 7.24. The number of nitrogens with zero attached hydrogens (tertiary/aromatic N) is 2. The van der Waals surface area contributed by atoms with Crippen molar-refractivity contribution in [2.24, 2.45) is 0 Å². The van der Waals surface area contributed by atoms with E-state index in [1.165, 1.54) is 23.9 Å². The van der Waals surface area contributed by atoms with Gasteiger partial charge in [0.2, 0.25) is 0 Å². The molecule has 0 fully saturated rings. The Morgan fingerprint density at radius 2 is 1.64 bits per heavy atom. The van der Waals surface area contributed by atoms with Crippen molar-refractivity contribution in [1.29, 1.82) is 0 Å². The van der Waals surface area contributed by atoms with Crippen LogP contribution in [0.2, 0.25) is 5.02 Å². The Morgan fingerprint density at radius 3 is 2.24 bits per heavy atom. The van der Waals surface area contributed by atoms with Gasteiger partial charge in [-0.2, -0.15) is 13.2 Å². The Hall–Kier alpha value is -2.05. The first-order valence-corrected chi connectivity index (χ1v) is 8.84. The van der Waals surface area contributed by atoms with Crippen LogP contribution in [0.15, 0.2) is 59.6 Å². The highest BCUT2D eigenvalue weighted by molar-refractivity contribution is 7.98. The predicted molar refractivity (Wildman–Crippen MR) is 94.7 cm³/mol. The Labute approximate surface area is 152 Å². The van der Waals surface area contributed by atoms with E-state index in [9.17, 15) is 13.2 Å². The average Bonchev–Trinajstić information content (AvgIpc) is 2.61. The number of hydrogen-bond donors (Lipinski definition) is 0. The van der Waals surface area contributed by atoms with Crippen LogP contribution in [0.3, 0.4) is 0 Å². The van der Waals surface area contributed by atoms with Gasteiger partial charge in [0.05, 0.1) is 11.3 Å². The van der Waals surface area contributed by atoms with Gasteiger partial charge in [-0.1, -0.05) is 41.9 Å². The Morgan fingerprint density at radius 1 is 0.960 bits per heavy atom. The van der Waals surface area contributed by atoms with Crippen molar-refractivity contribution in [1.82, 2.24) is 9.97 Å². The third kappa shape index (κ3) is 3.96. The summed E-state index contributed by atoms with van der Waals surface area (Å²) in [5.74, 6) is 0.357. The van der Waals surface area contributed by atoms with E-state index < -0.39 is 11.7 Å². The number of thioether (sulfide) groups is 1. The summed E-state index contributed by atoms with van der Waals surface area (Å²) < 4.78 is 38.2. The minimum Gasteiger partial charge on any atom is -0.228 e. The van der Waals surface area contributed by atoms with Gasteiger partial charge < -0.3 is 0 Å². The molecule has 0 spiro atoms. The minimum atomic E-state index is -4.37. The maximum absolute atomic E-state index is 12.7. The fraction of sp³-hybridized carbons (Fsp3) is 0.111. The van der Waals surface area contributed by atoms with E-state index in [-0.39, 0.29) is 0 Å². The maximum Gasteiger partial charge on any atom is 0.416 e. The first-order chi connectivity index (χ1) is 11.9. The topological polar surface area (TPSA) is 25.8 Å². The van der Waals surface area contributed by atoms with E-state index >= 15 is 0 Å². The molecule has 0 unspecified atom stereocenters. The molecule has 0 amide bonds. The molecule has 0 saturated carbocycles. The molecule has 3 aromatic rings. The minimum absolute atomic E-state index is 0.357. The van der Waals surface area contributed by atoms with Crippen LogP contribution in [-0.2, 0) is 6.18 Å². The Kier molecular flexibility index (Phi) is 5.01. The van der Waals surface area contributed by atoms with Crippen LogP contribution in [0.4, 0.5) is 13.2 Å². The number of aromatic nitrogens is 2. The lowest BCUT2D eigenvalue weighted by atomic mass is 10.1. The summed E-state index contributed by atoms with van der Waals surface area (Å²) in [5, 5.41) is 1.26. The van der Waals surface area contributed by atoms with Gasteiger partial charge in [-0.25, -0.2) is 9.97 Å². The van der Waals surface area contributed by atoms with Crippen molar-refractivity contribution >= 4 is 23.4 Å². The molecule has 1 aromatic heterocycles. The van der Waals surface area contributed by atoms with E-state index in [1.807, 2.05) is 24.5 Å². The van der Waals surface area contributed by atoms with E-state index in [1.54, 1.807) is 12.1 Å². The van der Waals surface area contributed by atoms with Crippen LogP contribution in [0.1, 0.15) is 5.56 Å². The number of halogens is 4. The molecule has 128 valence electrons. The number of hydrogen-bond acceptors (Lipinski definition) is 3. The zero-order chi connectivity index (χ0) is 18.0. The third-order valence-electron chi connectivity index (χ3n) is 3.53. The first kappa shape index (κ1) is 17.8. The van der Waals surface area contributed by atoms with Gasteiger partial charge in [-0.15, -0.1) is 11.8 Å². The molecule has 0 aliphatic carbocycles. The molecular weight excluding hydrogens is 369 g/mol. The molecule has 0 N–H and O–H groups in total. The molecule has 1 heterocycles. The van der Waals surface area contributed by atoms with Gasteiger partial charge in [0.25, 0.3) is 0 Å². The second kappa shape index (κ2) is 7.06. The summed E-state index contributed by atoms with van der Waals surface area (Å²) in [6.07, 6.45) is -2.50. The zero-order valence-electron chi connectivity index (χ0n) is 13.0. The number of rotatable bonds is 3. The van der Waals surface area contributed by atoms with Crippen molar-refractivity contribution in [3.63, 3.8) is 0 Å². The SMILES string of the molecule is CSc1cc(-c2ccccc2Cl)nc(-c2ccc(C(F)(F)F)cc2)n1. The normalized spacial score (nSPS) is 11.6. The molecule has 7 heteroatoms. The monoisotopic (exact) mass is 380 g/mol. The molecule has 2 nitrogen and oxygen atoms in total. The molecule has 25 heavy (non-hydrogen) atoms. The lowest BCUT2D eigenvalue weighted by molar-refractivity contribution is -0.137. The van der Waals surface area contributed by atoms with Crippen LogP contribution >= 0.6 is 23.4 Å². The molecule has 0 aliphatic rings. The van der Waals surface area contributed by atoms with Crippen LogP contribution in [0.25, 0.3) is 22.6 Å². The average molecular weight is 381 g/mol. The molecule has 2 aromatic carbocycles. The highest BCUT2D eigenvalue weighted by Crippen LogP contribution is 2.32. The van der Waals surface area contributed by atoms with Crippen molar-refractivity contribution in [2.45, 2.75) is 11.2 Å². The smallest absolute Gasteiger partial charge is 0.228 e. The molecule has 0 atom stereocenters. The highest BCUT2D eigenvalue weighted by atomic mass is 35.5. The van der Waals surface area contributed by atoms with Gasteiger partial charge >= 0.3 is 6.18 Å². The molecule has 0 saturated heterocycles. The predicted octanol–water partition coefficient (Wildman–Crippen LogP) is 6.20. The third-order valence-corrected chi connectivity index (χ3v) is 4.49. The standard InChI is InChI=1S/C18H12ClF3N2S/c1-25-16-10-15(13-4-2-3-5-14(13)19)23-17(24-16)11-6-8-12(9-7-11)18(20,21)22/h2-10H,1H3. The lowest BCUT2D eigenvalue weighted by Gasteiger charge is -2.10. The summed E-state index contributed by atoms with van der Waals surface area (Å²) >= 11 is 7.66. The lowest BCUT2D eigenvalue weighted by Crippen LogP contribution is -2.04. The highest BCUT2D eigenvalue weighted by Gasteiger charge is 2.30.